The summed E-state index contributed by atoms with van der Waals surface area (Å²) in [6.07, 6.45) is -1.58. The third kappa shape index (κ3) is 4.26. The zero-order valence-corrected chi connectivity index (χ0v) is 21.5. The maximum atomic E-state index is 13.4. The van der Waals surface area contributed by atoms with Crippen molar-refractivity contribution in [2.24, 2.45) is 0 Å². The topological polar surface area (TPSA) is 61.0 Å². The lowest BCUT2D eigenvalue weighted by Crippen LogP contribution is -2.34. The molecule has 1 saturated heterocycles. The number of aryl methyl sites for hydroxylation is 1. The highest BCUT2D eigenvalue weighted by Gasteiger charge is 2.37. The minimum absolute atomic E-state index is 0.138. The first-order chi connectivity index (χ1) is 18.2. The summed E-state index contributed by atoms with van der Waals surface area (Å²) in [6, 6.07) is 11.5. The molecule has 5 heterocycles. The van der Waals surface area contributed by atoms with Gasteiger partial charge in [0.15, 0.2) is 5.69 Å². The van der Waals surface area contributed by atoms with E-state index in [4.69, 9.17) is 9.72 Å². The lowest BCUT2D eigenvalue weighted by molar-refractivity contribution is -0.141. The maximum absolute atomic E-state index is 13.4. The highest BCUT2D eigenvalue weighted by Crippen LogP contribution is 2.36. The molecule has 10 heteroatoms. The second-order valence-corrected chi connectivity index (χ2v) is 10.2. The SMILES string of the molecule is Cc1nc(-c2cccnc2C(C)C)c2n1CCN(c1ccc(-c3nc(C(F)(F)F)cn3C3COC3)cc1)C2. The first-order valence-corrected chi connectivity index (χ1v) is 12.8. The van der Waals surface area contributed by atoms with E-state index in [0.717, 1.165) is 53.4 Å². The fourth-order valence-electron chi connectivity index (χ4n) is 5.29. The van der Waals surface area contributed by atoms with Crippen molar-refractivity contribution in [3.8, 4) is 22.6 Å². The van der Waals surface area contributed by atoms with Crippen LogP contribution in [-0.2, 0) is 24.0 Å². The van der Waals surface area contributed by atoms with Gasteiger partial charge in [-0.3, -0.25) is 4.98 Å². The molecule has 0 aliphatic carbocycles. The molecule has 6 rings (SSSR count). The van der Waals surface area contributed by atoms with E-state index in [9.17, 15) is 13.2 Å². The minimum atomic E-state index is -4.50. The van der Waals surface area contributed by atoms with Crippen molar-refractivity contribution >= 4 is 5.69 Å². The number of imidazole rings is 2. The maximum Gasteiger partial charge on any atom is 0.434 e. The predicted octanol–water partition coefficient (Wildman–Crippen LogP) is 5.85. The number of benzene rings is 1. The van der Waals surface area contributed by atoms with Crippen LogP contribution in [0.4, 0.5) is 18.9 Å². The number of nitrogens with zero attached hydrogens (tertiary/aromatic N) is 6. The van der Waals surface area contributed by atoms with Crippen LogP contribution < -0.4 is 4.90 Å². The summed E-state index contributed by atoms with van der Waals surface area (Å²) in [4.78, 5) is 15.8. The molecule has 2 aliphatic rings. The molecule has 0 spiro atoms. The molecule has 7 nitrogen and oxygen atoms in total. The number of hydrogen-bond donors (Lipinski definition) is 0. The van der Waals surface area contributed by atoms with Gasteiger partial charge in [-0.2, -0.15) is 13.2 Å². The van der Waals surface area contributed by atoms with Crippen LogP contribution in [-0.4, -0.2) is 43.8 Å². The van der Waals surface area contributed by atoms with Crippen LogP contribution in [0.15, 0.2) is 48.8 Å². The number of alkyl halides is 3. The third-order valence-corrected chi connectivity index (χ3v) is 7.37. The van der Waals surface area contributed by atoms with E-state index in [1.165, 1.54) is 0 Å². The van der Waals surface area contributed by atoms with E-state index in [1.807, 2.05) is 43.5 Å². The molecule has 0 radical (unpaired) electrons. The van der Waals surface area contributed by atoms with E-state index >= 15 is 0 Å². The molecule has 2 aliphatic heterocycles. The van der Waals surface area contributed by atoms with Crippen LogP contribution in [0.3, 0.4) is 0 Å². The summed E-state index contributed by atoms with van der Waals surface area (Å²) in [6.45, 7) is 9.36. The predicted molar refractivity (Wildman–Crippen MR) is 138 cm³/mol. The van der Waals surface area contributed by atoms with Crippen LogP contribution in [0, 0.1) is 6.92 Å². The fraction of sp³-hybridized carbons (Fsp3) is 0.393. The molecule has 1 aromatic carbocycles. The van der Waals surface area contributed by atoms with Crippen LogP contribution in [0.2, 0.25) is 0 Å². The van der Waals surface area contributed by atoms with Crippen molar-refractivity contribution in [3.05, 3.63) is 71.7 Å². The van der Waals surface area contributed by atoms with Crippen molar-refractivity contribution < 1.29 is 17.9 Å². The van der Waals surface area contributed by atoms with Crippen molar-refractivity contribution in [2.45, 2.75) is 52.0 Å². The Balaban J connectivity index is 1.30. The Bertz CT molecular complexity index is 1470. The van der Waals surface area contributed by atoms with Crippen LogP contribution in [0.5, 0.6) is 0 Å². The lowest BCUT2D eigenvalue weighted by atomic mass is 10.00. The van der Waals surface area contributed by atoms with Gasteiger partial charge in [0.05, 0.1) is 42.9 Å². The van der Waals surface area contributed by atoms with E-state index < -0.39 is 11.9 Å². The second-order valence-electron chi connectivity index (χ2n) is 10.2. The molecule has 0 N–H and O–H groups in total. The normalized spacial score (nSPS) is 16.1. The first kappa shape index (κ1) is 24.7. The average molecular weight is 523 g/mol. The number of halogens is 3. The smallest absolute Gasteiger partial charge is 0.377 e. The van der Waals surface area contributed by atoms with Crippen molar-refractivity contribution in [3.63, 3.8) is 0 Å². The molecule has 198 valence electrons. The Labute approximate surface area is 218 Å². The summed E-state index contributed by atoms with van der Waals surface area (Å²) >= 11 is 0. The highest BCUT2D eigenvalue weighted by atomic mass is 19.4. The molecule has 38 heavy (non-hydrogen) atoms. The lowest BCUT2D eigenvalue weighted by Gasteiger charge is -2.31. The summed E-state index contributed by atoms with van der Waals surface area (Å²) < 4.78 is 49.3. The molecule has 1 fully saturated rings. The Morgan fingerprint density at radius 3 is 2.45 bits per heavy atom. The molecular weight excluding hydrogens is 493 g/mol. The van der Waals surface area contributed by atoms with Gasteiger partial charge >= 0.3 is 6.18 Å². The largest absolute Gasteiger partial charge is 0.434 e. The summed E-state index contributed by atoms with van der Waals surface area (Å²) in [5, 5.41) is 0. The Hall–Kier alpha value is -3.66. The number of ether oxygens (including phenoxy) is 1. The van der Waals surface area contributed by atoms with Gasteiger partial charge in [0.25, 0.3) is 0 Å². The highest BCUT2D eigenvalue weighted by molar-refractivity contribution is 5.67. The number of fused-ring (bicyclic) bond motifs is 1. The first-order valence-electron chi connectivity index (χ1n) is 12.8. The number of anilines is 1. The van der Waals surface area contributed by atoms with Crippen molar-refractivity contribution in [2.75, 3.05) is 24.7 Å². The molecule has 4 aromatic rings. The van der Waals surface area contributed by atoms with Gasteiger partial charge in [-0.1, -0.05) is 13.8 Å². The van der Waals surface area contributed by atoms with E-state index in [2.05, 4.69) is 39.3 Å². The summed E-state index contributed by atoms with van der Waals surface area (Å²) in [5.41, 5.74) is 4.96. The van der Waals surface area contributed by atoms with E-state index in [-0.39, 0.29) is 12.0 Å². The van der Waals surface area contributed by atoms with Crippen molar-refractivity contribution in [1.82, 2.24) is 24.1 Å². The Kier molecular flexibility index (Phi) is 6.02. The van der Waals surface area contributed by atoms with Gasteiger partial charge in [0.1, 0.15) is 11.6 Å². The minimum Gasteiger partial charge on any atom is -0.377 e. The monoisotopic (exact) mass is 522 g/mol. The van der Waals surface area contributed by atoms with Gasteiger partial charge in [0, 0.05) is 42.3 Å². The van der Waals surface area contributed by atoms with Crippen LogP contribution in [0.25, 0.3) is 22.6 Å². The van der Waals surface area contributed by atoms with Crippen LogP contribution in [0.1, 0.15) is 48.7 Å². The standard InChI is InChI=1S/C28H29F3N6O/c1-17(2)25-22(5-4-10-32-25)26-23-13-35(11-12-36(23)18(3)33-26)20-8-6-19(7-9-20)27-34-24(28(29,30)31)14-37(27)21-15-38-16-21/h4-10,14,17,21H,11-13,15-16H2,1-3H3. The molecule has 0 atom stereocenters. The van der Waals surface area contributed by atoms with Gasteiger partial charge in [-0.15, -0.1) is 0 Å². The zero-order chi connectivity index (χ0) is 26.6. The zero-order valence-electron chi connectivity index (χ0n) is 21.5. The number of rotatable bonds is 5. The number of hydrogen-bond acceptors (Lipinski definition) is 5. The molecule has 0 saturated carbocycles. The Morgan fingerprint density at radius 2 is 1.79 bits per heavy atom. The third-order valence-electron chi connectivity index (χ3n) is 7.37. The molecule has 0 unspecified atom stereocenters. The summed E-state index contributed by atoms with van der Waals surface area (Å²) in [5.74, 6) is 1.56. The van der Waals surface area contributed by atoms with Crippen LogP contribution >= 0.6 is 0 Å². The Morgan fingerprint density at radius 1 is 1.03 bits per heavy atom. The fourth-order valence-corrected chi connectivity index (χ4v) is 5.29. The van der Waals surface area contributed by atoms with Crippen molar-refractivity contribution in [1.29, 1.82) is 0 Å². The van der Waals surface area contributed by atoms with Gasteiger partial charge in [0.2, 0.25) is 0 Å². The average Bonchev–Trinajstić information content (AvgIpc) is 3.45. The quantitative estimate of drug-likeness (QED) is 0.329. The molecular formula is C28H29F3N6O. The number of aromatic nitrogens is 5. The molecule has 3 aromatic heterocycles. The number of pyridine rings is 1. The summed E-state index contributed by atoms with van der Waals surface area (Å²) in [7, 11) is 0. The molecule has 0 bridgehead atoms. The molecule has 0 amide bonds. The van der Waals surface area contributed by atoms with Gasteiger partial charge in [-0.05, 0) is 49.2 Å². The van der Waals surface area contributed by atoms with E-state index in [0.29, 0.717) is 31.1 Å². The van der Waals surface area contributed by atoms with E-state index in [1.54, 1.807) is 4.57 Å². The van der Waals surface area contributed by atoms with Gasteiger partial charge < -0.3 is 18.8 Å². The van der Waals surface area contributed by atoms with Gasteiger partial charge in [-0.25, -0.2) is 9.97 Å². The second kappa shape index (κ2) is 9.27.